The van der Waals surface area contributed by atoms with Crippen LogP contribution in [0.4, 0.5) is 5.95 Å². The fraction of sp³-hybridized carbons (Fsp3) is 0.0476. The van der Waals surface area contributed by atoms with Crippen molar-refractivity contribution in [3.8, 4) is 22.4 Å². The summed E-state index contributed by atoms with van der Waals surface area (Å²) in [6.45, 7) is 0. The Hall–Kier alpha value is -4.00. The first kappa shape index (κ1) is 16.2. The Labute approximate surface area is 159 Å². The third kappa shape index (κ3) is 2.44. The molecule has 0 spiro atoms. The molecule has 0 aliphatic heterocycles. The molecule has 3 aromatic heterocycles. The van der Waals surface area contributed by atoms with Gasteiger partial charge in [-0.1, -0.05) is 36.4 Å². The highest BCUT2D eigenvalue weighted by atomic mass is 16.1. The van der Waals surface area contributed by atoms with Crippen molar-refractivity contribution < 1.29 is 0 Å². The summed E-state index contributed by atoms with van der Waals surface area (Å²) in [5, 5.41) is 5.36. The first-order valence-corrected chi connectivity index (χ1v) is 8.78. The highest BCUT2D eigenvalue weighted by Crippen LogP contribution is 2.25. The topological polar surface area (TPSA) is 91.1 Å². The molecular weight excluding hydrogens is 352 g/mol. The third-order valence-electron chi connectivity index (χ3n) is 4.87. The van der Waals surface area contributed by atoms with Gasteiger partial charge < -0.3 is 5.73 Å². The molecule has 2 aromatic carbocycles. The van der Waals surface area contributed by atoms with Crippen molar-refractivity contribution in [1.82, 2.24) is 24.1 Å². The Kier molecular flexibility index (Phi) is 3.48. The lowest BCUT2D eigenvalue weighted by Gasteiger charge is -2.08. The first-order valence-electron chi connectivity index (χ1n) is 8.78. The van der Waals surface area contributed by atoms with E-state index < -0.39 is 0 Å². The molecule has 3 heterocycles. The minimum absolute atomic E-state index is 0.0675. The van der Waals surface area contributed by atoms with Crippen molar-refractivity contribution in [2.75, 3.05) is 5.73 Å². The van der Waals surface area contributed by atoms with Crippen LogP contribution in [0.5, 0.6) is 0 Å². The molecule has 0 saturated heterocycles. The van der Waals surface area contributed by atoms with Crippen molar-refractivity contribution >= 4 is 22.5 Å². The predicted octanol–water partition coefficient (Wildman–Crippen LogP) is 2.89. The van der Waals surface area contributed by atoms with Crippen LogP contribution in [0.2, 0.25) is 0 Å². The fourth-order valence-electron chi connectivity index (χ4n) is 3.38. The molecule has 0 atom stereocenters. The number of hydrogen-bond donors (Lipinski definition) is 1. The van der Waals surface area contributed by atoms with Gasteiger partial charge in [0.25, 0.3) is 5.56 Å². The molecule has 7 heteroatoms. The van der Waals surface area contributed by atoms with Crippen molar-refractivity contribution in [2.24, 2.45) is 7.05 Å². The maximum absolute atomic E-state index is 12.9. The number of nitrogens with zero attached hydrogens (tertiary/aromatic N) is 5. The summed E-state index contributed by atoms with van der Waals surface area (Å²) >= 11 is 0. The average Bonchev–Trinajstić information content (AvgIpc) is 3.19. The van der Waals surface area contributed by atoms with Crippen LogP contribution in [0.25, 0.3) is 38.9 Å². The maximum atomic E-state index is 12.9. The van der Waals surface area contributed by atoms with Crippen LogP contribution < -0.4 is 11.3 Å². The van der Waals surface area contributed by atoms with Crippen molar-refractivity contribution in [3.63, 3.8) is 0 Å². The monoisotopic (exact) mass is 368 g/mol. The number of aryl methyl sites for hydroxylation is 1. The lowest BCUT2D eigenvalue weighted by atomic mass is 10.1. The van der Waals surface area contributed by atoms with E-state index in [0.717, 1.165) is 33.5 Å². The van der Waals surface area contributed by atoms with Crippen LogP contribution in [0.3, 0.4) is 0 Å². The van der Waals surface area contributed by atoms with Gasteiger partial charge in [-0.3, -0.25) is 9.36 Å². The number of anilines is 1. The molecule has 0 amide bonds. The zero-order chi connectivity index (χ0) is 19.3. The van der Waals surface area contributed by atoms with E-state index in [1.165, 1.54) is 0 Å². The van der Waals surface area contributed by atoms with Gasteiger partial charge in [-0.2, -0.15) is 5.10 Å². The van der Waals surface area contributed by atoms with E-state index >= 15 is 0 Å². The van der Waals surface area contributed by atoms with E-state index in [0.29, 0.717) is 5.39 Å². The third-order valence-corrected chi connectivity index (χ3v) is 4.87. The van der Waals surface area contributed by atoms with Crippen molar-refractivity contribution in [1.29, 1.82) is 0 Å². The Morgan fingerprint density at radius 2 is 1.64 bits per heavy atom. The predicted molar refractivity (Wildman–Crippen MR) is 109 cm³/mol. The summed E-state index contributed by atoms with van der Waals surface area (Å²) in [6.07, 6.45) is 3.33. The van der Waals surface area contributed by atoms with Crippen molar-refractivity contribution in [2.45, 2.75) is 0 Å². The summed E-state index contributed by atoms with van der Waals surface area (Å²) < 4.78 is 3.43. The zero-order valence-corrected chi connectivity index (χ0v) is 15.1. The van der Waals surface area contributed by atoms with Gasteiger partial charge in [0.2, 0.25) is 5.95 Å². The molecule has 7 nitrogen and oxygen atoms in total. The van der Waals surface area contributed by atoms with Crippen LogP contribution in [-0.2, 0) is 7.05 Å². The molecule has 28 heavy (non-hydrogen) atoms. The molecule has 136 valence electrons. The molecular formula is C21H16N6O. The average molecular weight is 368 g/mol. The van der Waals surface area contributed by atoms with E-state index in [2.05, 4.69) is 9.97 Å². The molecule has 0 saturated carbocycles. The Morgan fingerprint density at radius 3 is 2.39 bits per heavy atom. The summed E-state index contributed by atoms with van der Waals surface area (Å²) in [5.41, 5.74) is 10.5. The van der Waals surface area contributed by atoms with E-state index in [1.807, 2.05) is 54.6 Å². The summed E-state index contributed by atoms with van der Waals surface area (Å²) in [6, 6.07) is 17.4. The summed E-state index contributed by atoms with van der Waals surface area (Å²) in [4.78, 5) is 21.0. The number of rotatable bonds is 2. The van der Waals surface area contributed by atoms with Crippen LogP contribution in [0.1, 0.15) is 0 Å². The number of hydrogen-bond acceptors (Lipinski definition) is 5. The SMILES string of the molecule is Cn1c(=O)c2ccc(-c3cnc(N)nc3)cc2n2nc(-c3ccccc3)cc12. The molecule has 0 bridgehead atoms. The smallest absolute Gasteiger partial charge is 0.261 e. The van der Waals surface area contributed by atoms with Gasteiger partial charge >= 0.3 is 0 Å². The minimum atomic E-state index is -0.0675. The number of nitrogens with two attached hydrogens (primary N) is 1. The first-order chi connectivity index (χ1) is 13.6. The molecule has 0 aliphatic rings. The molecule has 0 aliphatic carbocycles. The lowest BCUT2D eigenvalue weighted by Crippen LogP contribution is -2.19. The molecule has 5 rings (SSSR count). The minimum Gasteiger partial charge on any atom is -0.368 e. The summed E-state index contributed by atoms with van der Waals surface area (Å²) in [7, 11) is 1.76. The second-order valence-electron chi connectivity index (χ2n) is 6.59. The van der Waals surface area contributed by atoms with Gasteiger partial charge in [-0.15, -0.1) is 0 Å². The number of fused-ring (bicyclic) bond motifs is 3. The van der Waals surface area contributed by atoms with Gasteiger partial charge in [0.1, 0.15) is 5.65 Å². The van der Waals surface area contributed by atoms with E-state index in [4.69, 9.17) is 10.8 Å². The van der Waals surface area contributed by atoms with Gasteiger partial charge in [-0.05, 0) is 17.7 Å². The van der Waals surface area contributed by atoms with E-state index in [-0.39, 0.29) is 11.5 Å². The van der Waals surface area contributed by atoms with E-state index in [9.17, 15) is 4.79 Å². The highest BCUT2D eigenvalue weighted by Gasteiger charge is 2.14. The number of benzene rings is 2. The Bertz CT molecular complexity index is 1380. The van der Waals surface area contributed by atoms with Crippen molar-refractivity contribution in [3.05, 3.63) is 77.3 Å². The Morgan fingerprint density at radius 1 is 0.893 bits per heavy atom. The van der Waals surface area contributed by atoms with Crippen LogP contribution in [-0.4, -0.2) is 24.1 Å². The quantitative estimate of drug-likeness (QED) is 0.517. The van der Waals surface area contributed by atoms with E-state index in [1.54, 1.807) is 28.5 Å². The zero-order valence-electron chi connectivity index (χ0n) is 15.1. The Balaban J connectivity index is 1.81. The van der Waals surface area contributed by atoms with Gasteiger partial charge in [0.15, 0.2) is 0 Å². The van der Waals surface area contributed by atoms with Gasteiger partial charge in [-0.25, -0.2) is 14.5 Å². The highest BCUT2D eigenvalue weighted by molar-refractivity contribution is 5.86. The largest absolute Gasteiger partial charge is 0.368 e. The number of aromatic nitrogens is 5. The normalized spacial score (nSPS) is 11.3. The van der Waals surface area contributed by atoms with Gasteiger partial charge in [0, 0.05) is 36.6 Å². The van der Waals surface area contributed by atoms with Crippen LogP contribution in [0.15, 0.2) is 71.8 Å². The number of nitrogen functional groups attached to an aromatic ring is 1. The summed E-state index contributed by atoms with van der Waals surface area (Å²) in [5.74, 6) is 0.223. The fourth-order valence-corrected chi connectivity index (χ4v) is 3.38. The molecule has 0 radical (unpaired) electrons. The lowest BCUT2D eigenvalue weighted by molar-refractivity contribution is 0.850. The second-order valence-corrected chi connectivity index (χ2v) is 6.59. The second kappa shape index (κ2) is 6.02. The standard InChI is InChI=1S/C21H16N6O/c1-26-19-10-17(13-5-3-2-4-6-13)25-27(19)18-9-14(7-8-16(18)20(26)28)15-11-23-21(22)24-12-15/h2-12H,1H3,(H2,22,23,24). The molecule has 0 unspecified atom stereocenters. The van der Waals surface area contributed by atoms with Crippen LogP contribution >= 0.6 is 0 Å². The maximum Gasteiger partial charge on any atom is 0.261 e. The van der Waals surface area contributed by atoms with Gasteiger partial charge in [0.05, 0.1) is 16.6 Å². The molecule has 2 N–H and O–H groups in total. The molecule has 5 aromatic rings. The molecule has 0 fully saturated rings. The van der Waals surface area contributed by atoms with Crippen LogP contribution in [0, 0.1) is 0 Å².